The average Bonchev–Trinajstić information content (AvgIpc) is 3.40. The quantitative estimate of drug-likeness (QED) is 0.547. The van der Waals surface area contributed by atoms with E-state index in [1.807, 2.05) is 12.1 Å². The van der Waals surface area contributed by atoms with Crippen molar-refractivity contribution in [2.45, 2.75) is 36.9 Å². The number of nitrogens with zero attached hydrogens (tertiary/aromatic N) is 2. The summed E-state index contributed by atoms with van der Waals surface area (Å²) in [4.78, 5) is 15.7. The van der Waals surface area contributed by atoms with Crippen LogP contribution >= 0.6 is 0 Å². The van der Waals surface area contributed by atoms with Gasteiger partial charge in [-0.3, -0.25) is 14.0 Å². The maximum Gasteiger partial charge on any atom is 0.264 e. The van der Waals surface area contributed by atoms with Crippen LogP contribution in [0.3, 0.4) is 0 Å². The Kier molecular flexibility index (Phi) is 6.74. The lowest BCUT2D eigenvalue weighted by molar-refractivity contribution is -0.127. The number of para-hydroxylation sites is 2. The highest BCUT2D eigenvalue weighted by Gasteiger charge is 2.37. The minimum absolute atomic E-state index is 0.102. The number of carbonyl (C=O) groups excluding carboxylic acids is 1. The van der Waals surface area contributed by atoms with Crippen LogP contribution in [0.1, 0.15) is 24.0 Å². The van der Waals surface area contributed by atoms with Crippen LogP contribution in [-0.2, 0) is 27.9 Å². The Labute approximate surface area is 206 Å². The largest absolute Gasteiger partial charge is 0.476 e. The monoisotopic (exact) mass is 491 g/mol. The summed E-state index contributed by atoms with van der Waals surface area (Å²) in [6.07, 6.45) is 1.53. The topological polar surface area (TPSA) is 79.0 Å². The van der Waals surface area contributed by atoms with E-state index < -0.39 is 16.1 Å². The van der Waals surface area contributed by atoms with E-state index in [-0.39, 0.29) is 17.3 Å². The lowest BCUT2D eigenvalue weighted by Gasteiger charge is -2.34. The van der Waals surface area contributed by atoms with Crippen LogP contribution in [-0.4, -0.2) is 45.0 Å². The van der Waals surface area contributed by atoms with Crippen molar-refractivity contribution in [1.82, 2.24) is 10.2 Å². The Bertz CT molecular complexity index is 1290. The van der Waals surface area contributed by atoms with Gasteiger partial charge in [-0.1, -0.05) is 54.6 Å². The highest BCUT2D eigenvalue weighted by molar-refractivity contribution is 7.92. The van der Waals surface area contributed by atoms with Gasteiger partial charge in [0.1, 0.15) is 5.75 Å². The Hall–Kier alpha value is -3.36. The Morgan fingerprint density at radius 3 is 2.43 bits per heavy atom. The molecule has 1 N–H and O–H groups in total. The second-order valence-electron chi connectivity index (χ2n) is 8.94. The van der Waals surface area contributed by atoms with Gasteiger partial charge in [-0.25, -0.2) is 8.42 Å². The summed E-state index contributed by atoms with van der Waals surface area (Å²) < 4.78 is 34.0. The highest BCUT2D eigenvalue weighted by Crippen LogP contribution is 2.36. The molecule has 0 aliphatic carbocycles. The predicted molar refractivity (Wildman–Crippen MR) is 135 cm³/mol. The molecule has 3 aromatic carbocycles. The third-order valence-corrected chi connectivity index (χ3v) is 8.22. The number of amides is 1. The number of sulfonamides is 1. The molecule has 35 heavy (non-hydrogen) atoms. The fraction of sp³-hybridized carbons (Fsp3) is 0.296. The number of carbonyl (C=O) groups is 1. The van der Waals surface area contributed by atoms with Gasteiger partial charge >= 0.3 is 0 Å². The summed E-state index contributed by atoms with van der Waals surface area (Å²) in [7, 11) is -3.86. The van der Waals surface area contributed by atoms with Gasteiger partial charge in [-0.05, 0) is 61.3 Å². The normalized spacial score (nSPS) is 18.1. The van der Waals surface area contributed by atoms with Gasteiger partial charge in [0, 0.05) is 13.1 Å². The maximum absolute atomic E-state index is 13.4. The van der Waals surface area contributed by atoms with Crippen molar-refractivity contribution in [3.63, 3.8) is 0 Å². The van der Waals surface area contributed by atoms with Gasteiger partial charge in [0.15, 0.2) is 6.10 Å². The fourth-order valence-electron chi connectivity index (χ4n) is 4.63. The van der Waals surface area contributed by atoms with Gasteiger partial charge in [0.25, 0.3) is 15.9 Å². The lowest BCUT2D eigenvalue weighted by atomic mass is 10.1. The number of fused-ring (bicyclic) bond motifs is 1. The number of hydrogen-bond donors (Lipinski definition) is 1. The summed E-state index contributed by atoms with van der Waals surface area (Å²) in [5, 5.41) is 2.93. The number of rotatable bonds is 7. The molecular formula is C27H29N3O4S. The maximum atomic E-state index is 13.4. The van der Waals surface area contributed by atoms with Crippen LogP contribution in [0.2, 0.25) is 0 Å². The van der Waals surface area contributed by atoms with Crippen molar-refractivity contribution < 1.29 is 17.9 Å². The standard InChI is InChI=1S/C27H29N3O4S/c31-27(28-18-21-9-8-10-22(17-21)19-29-15-6-7-16-29)26-20-30(24-13-4-5-14-25(24)34-26)35(32,33)23-11-2-1-3-12-23/h1-5,8-14,17,26H,6-7,15-16,18-20H2,(H,28,31)/t26-/m1/s1. The molecule has 0 saturated carbocycles. The first kappa shape index (κ1) is 23.4. The molecule has 0 bridgehead atoms. The van der Waals surface area contributed by atoms with Crippen LogP contribution in [0.5, 0.6) is 5.75 Å². The zero-order valence-electron chi connectivity index (χ0n) is 19.5. The Balaban J connectivity index is 1.30. The van der Waals surface area contributed by atoms with E-state index in [2.05, 4.69) is 22.3 Å². The van der Waals surface area contributed by atoms with Crippen molar-refractivity contribution in [3.8, 4) is 5.75 Å². The molecule has 2 heterocycles. The van der Waals surface area contributed by atoms with Crippen molar-refractivity contribution in [1.29, 1.82) is 0 Å². The third-order valence-electron chi connectivity index (χ3n) is 6.42. The van der Waals surface area contributed by atoms with E-state index >= 15 is 0 Å². The molecule has 1 amide bonds. The smallest absolute Gasteiger partial charge is 0.264 e. The third kappa shape index (κ3) is 5.18. The summed E-state index contributed by atoms with van der Waals surface area (Å²) in [6, 6.07) is 23.3. The molecule has 2 aliphatic heterocycles. The fourth-order valence-corrected chi connectivity index (χ4v) is 6.12. The van der Waals surface area contributed by atoms with Gasteiger partial charge in [-0.2, -0.15) is 0 Å². The number of hydrogen-bond acceptors (Lipinski definition) is 5. The van der Waals surface area contributed by atoms with Crippen LogP contribution in [0, 0.1) is 0 Å². The van der Waals surface area contributed by atoms with Gasteiger partial charge in [0.05, 0.1) is 17.1 Å². The minimum Gasteiger partial charge on any atom is -0.476 e. The summed E-state index contributed by atoms with van der Waals surface area (Å²) in [5.41, 5.74) is 2.65. The van der Waals surface area contributed by atoms with Crippen molar-refractivity contribution in [2.24, 2.45) is 0 Å². The predicted octanol–water partition coefficient (Wildman–Crippen LogP) is 3.56. The molecular weight excluding hydrogens is 462 g/mol. The van der Waals surface area contributed by atoms with E-state index in [4.69, 9.17) is 4.74 Å². The molecule has 3 aromatic rings. The van der Waals surface area contributed by atoms with Crippen LogP contribution in [0.4, 0.5) is 5.69 Å². The molecule has 0 spiro atoms. The van der Waals surface area contributed by atoms with Crippen molar-refractivity contribution >= 4 is 21.6 Å². The van der Waals surface area contributed by atoms with E-state index in [0.717, 1.165) is 25.2 Å². The van der Waals surface area contributed by atoms with Crippen LogP contribution in [0.25, 0.3) is 0 Å². The molecule has 0 unspecified atom stereocenters. The van der Waals surface area contributed by atoms with Gasteiger partial charge in [-0.15, -0.1) is 0 Å². The van der Waals surface area contributed by atoms with Crippen LogP contribution in [0.15, 0.2) is 83.8 Å². The number of anilines is 1. The molecule has 0 radical (unpaired) electrons. The number of benzene rings is 3. The Morgan fingerprint density at radius 1 is 0.914 bits per heavy atom. The number of ether oxygens (including phenoxy) is 1. The van der Waals surface area contributed by atoms with E-state index in [1.54, 1.807) is 54.6 Å². The molecule has 0 aromatic heterocycles. The minimum atomic E-state index is -3.86. The second kappa shape index (κ2) is 10.1. The molecule has 1 atom stereocenters. The SMILES string of the molecule is O=C(NCc1cccc(CN2CCCC2)c1)[C@H]1CN(S(=O)(=O)c2ccccc2)c2ccccc2O1. The van der Waals surface area contributed by atoms with E-state index in [9.17, 15) is 13.2 Å². The second-order valence-corrected chi connectivity index (χ2v) is 10.8. The molecule has 5 rings (SSSR count). The van der Waals surface area contributed by atoms with E-state index in [0.29, 0.717) is 18.0 Å². The average molecular weight is 492 g/mol. The zero-order valence-corrected chi connectivity index (χ0v) is 20.3. The first-order valence-electron chi connectivity index (χ1n) is 11.9. The van der Waals surface area contributed by atoms with E-state index in [1.165, 1.54) is 22.7 Å². The molecule has 1 fully saturated rings. The zero-order chi connectivity index (χ0) is 24.3. The number of nitrogens with one attached hydrogen (secondary N) is 1. The van der Waals surface area contributed by atoms with Crippen molar-refractivity contribution in [2.75, 3.05) is 23.9 Å². The number of likely N-dealkylation sites (tertiary alicyclic amines) is 1. The molecule has 1 saturated heterocycles. The lowest BCUT2D eigenvalue weighted by Crippen LogP contribution is -2.50. The first-order valence-corrected chi connectivity index (χ1v) is 13.4. The highest BCUT2D eigenvalue weighted by atomic mass is 32.2. The van der Waals surface area contributed by atoms with Crippen molar-refractivity contribution in [3.05, 3.63) is 90.0 Å². The Morgan fingerprint density at radius 2 is 1.63 bits per heavy atom. The molecule has 182 valence electrons. The van der Waals surface area contributed by atoms with Crippen LogP contribution < -0.4 is 14.4 Å². The van der Waals surface area contributed by atoms with Gasteiger partial charge in [0.2, 0.25) is 0 Å². The summed E-state index contributed by atoms with van der Waals surface area (Å²) in [6.45, 7) is 3.42. The summed E-state index contributed by atoms with van der Waals surface area (Å²) >= 11 is 0. The summed E-state index contributed by atoms with van der Waals surface area (Å²) in [5.74, 6) is 0.0173. The molecule has 7 nitrogen and oxygen atoms in total. The molecule has 8 heteroatoms. The first-order chi connectivity index (χ1) is 17.0. The van der Waals surface area contributed by atoms with Gasteiger partial charge < -0.3 is 10.1 Å². The molecule has 2 aliphatic rings.